The fourth-order valence-corrected chi connectivity index (χ4v) is 4.08. The molecule has 0 bridgehead atoms. The molecule has 0 aliphatic rings. The molecule has 6 heteroatoms. The second-order valence-electron chi connectivity index (χ2n) is 10.1. The molecule has 0 rings (SSSR count). The van der Waals surface area contributed by atoms with E-state index in [0.717, 1.165) is 45.3 Å². The SMILES string of the molecule is CCCCCC(C)(C)CCCCOCCCCC(C)(C)CCCCOP(=O)(O)O. The predicted octanol–water partition coefficient (Wildman–Crippen LogP) is 7.26. The molecule has 0 aromatic heterocycles. The van der Waals surface area contributed by atoms with Gasteiger partial charge in [0.15, 0.2) is 0 Å². The normalized spacial score (nSPS) is 13.2. The second kappa shape index (κ2) is 15.8. The molecule has 0 aromatic carbocycles. The molecule has 0 saturated heterocycles. The van der Waals surface area contributed by atoms with Gasteiger partial charge in [-0.15, -0.1) is 0 Å². The van der Waals surface area contributed by atoms with Crippen molar-refractivity contribution in [2.45, 2.75) is 118 Å². The Kier molecular flexibility index (Phi) is 15.8. The van der Waals surface area contributed by atoms with Gasteiger partial charge in [-0.25, -0.2) is 4.57 Å². The van der Waals surface area contributed by atoms with Crippen molar-refractivity contribution in [1.29, 1.82) is 0 Å². The van der Waals surface area contributed by atoms with Crippen LogP contribution >= 0.6 is 7.82 Å². The molecule has 0 saturated carbocycles. The molecular weight excluding hydrogens is 387 g/mol. The van der Waals surface area contributed by atoms with Crippen LogP contribution in [0.3, 0.4) is 0 Å². The zero-order valence-electron chi connectivity index (χ0n) is 19.9. The lowest BCUT2D eigenvalue weighted by atomic mass is 9.82. The molecular formula is C23H49O5P. The number of phosphoric acid groups is 1. The van der Waals surface area contributed by atoms with Gasteiger partial charge in [0.05, 0.1) is 6.61 Å². The van der Waals surface area contributed by atoms with Gasteiger partial charge in [-0.3, -0.25) is 4.52 Å². The molecule has 29 heavy (non-hydrogen) atoms. The average Bonchev–Trinajstić information content (AvgIpc) is 2.59. The topological polar surface area (TPSA) is 76.0 Å². The summed E-state index contributed by atoms with van der Waals surface area (Å²) in [7, 11) is -4.31. The minimum atomic E-state index is -4.31. The van der Waals surface area contributed by atoms with E-state index in [1.165, 1.54) is 44.9 Å². The predicted molar refractivity (Wildman–Crippen MR) is 122 cm³/mol. The molecule has 0 aromatic rings. The van der Waals surface area contributed by atoms with E-state index in [1.807, 2.05) is 0 Å². The van der Waals surface area contributed by atoms with E-state index in [2.05, 4.69) is 39.1 Å². The third-order valence-electron chi connectivity index (χ3n) is 5.75. The maximum absolute atomic E-state index is 10.6. The molecule has 0 atom stereocenters. The van der Waals surface area contributed by atoms with Crippen LogP contribution in [0.25, 0.3) is 0 Å². The molecule has 2 N–H and O–H groups in total. The van der Waals surface area contributed by atoms with Crippen molar-refractivity contribution < 1.29 is 23.6 Å². The summed E-state index contributed by atoms with van der Waals surface area (Å²) in [5, 5.41) is 0. The highest BCUT2D eigenvalue weighted by Crippen LogP contribution is 2.36. The first-order valence-corrected chi connectivity index (χ1v) is 13.3. The Hall–Kier alpha value is 0.0700. The van der Waals surface area contributed by atoms with Crippen molar-refractivity contribution in [2.75, 3.05) is 19.8 Å². The van der Waals surface area contributed by atoms with Crippen LogP contribution in [0.2, 0.25) is 0 Å². The Bertz CT molecular complexity index is 431. The van der Waals surface area contributed by atoms with Crippen molar-refractivity contribution in [1.82, 2.24) is 0 Å². The third kappa shape index (κ3) is 21.1. The van der Waals surface area contributed by atoms with Crippen LogP contribution in [-0.2, 0) is 13.8 Å². The highest BCUT2D eigenvalue weighted by Gasteiger charge is 2.18. The van der Waals surface area contributed by atoms with Crippen molar-refractivity contribution >= 4 is 7.82 Å². The summed E-state index contributed by atoms with van der Waals surface area (Å²) >= 11 is 0. The molecule has 0 heterocycles. The maximum Gasteiger partial charge on any atom is 0.469 e. The first-order valence-electron chi connectivity index (χ1n) is 11.8. The number of hydrogen-bond donors (Lipinski definition) is 2. The average molecular weight is 437 g/mol. The standard InChI is InChI=1S/C23H49O5P/c1-6-7-8-15-22(2,3)16-9-12-19-27-20-13-10-17-23(4,5)18-11-14-21-28-29(24,25)26/h6-21H2,1-5H3,(H2,24,25,26). The number of unbranched alkanes of at least 4 members (excludes halogenated alkanes) is 5. The minimum Gasteiger partial charge on any atom is -0.381 e. The lowest BCUT2D eigenvalue weighted by Gasteiger charge is -2.25. The molecule has 0 unspecified atom stereocenters. The molecule has 0 amide bonds. The fourth-order valence-electron chi connectivity index (χ4n) is 3.71. The molecule has 176 valence electrons. The number of rotatable bonds is 20. The van der Waals surface area contributed by atoms with Crippen LogP contribution in [0.5, 0.6) is 0 Å². The zero-order chi connectivity index (χ0) is 22.2. The van der Waals surface area contributed by atoms with Crippen molar-refractivity contribution in [2.24, 2.45) is 10.8 Å². The summed E-state index contributed by atoms with van der Waals surface area (Å²) in [6.07, 6.45) is 15.2. The Morgan fingerprint density at radius 1 is 0.655 bits per heavy atom. The largest absolute Gasteiger partial charge is 0.469 e. The van der Waals surface area contributed by atoms with Crippen LogP contribution in [0.15, 0.2) is 0 Å². The lowest BCUT2D eigenvalue weighted by molar-refractivity contribution is 0.119. The molecule has 0 fully saturated rings. The fraction of sp³-hybridized carbons (Fsp3) is 1.00. The molecule has 0 spiro atoms. The van der Waals surface area contributed by atoms with Crippen molar-refractivity contribution in [3.05, 3.63) is 0 Å². The van der Waals surface area contributed by atoms with Gasteiger partial charge in [-0.2, -0.15) is 0 Å². The Morgan fingerprint density at radius 2 is 1.03 bits per heavy atom. The zero-order valence-corrected chi connectivity index (χ0v) is 20.8. The van der Waals surface area contributed by atoms with Crippen LogP contribution in [-0.4, -0.2) is 29.6 Å². The van der Waals surface area contributed by atoms with E-state index in [0.29, 0.717) is 11.8 Å². The summed E-state index contributed by atoms with van der Waals surface area (Å²) in [6.45, 7) is 13.5. The van der Waals surface area contributed by atoms with Gasteiger partial charge in [-0.1, -0.05) is 73.1 Å². The third-order valence-corrected chi connectivity index (χ3v) is 6.27. The lowest BCUT2D eigenvalue weighted by Crippen LogP contribution is -2.12. The maximum atomic E-state index is 10.6. The summed E-state index contributed by atoms with van der Waals surface area (Å²) < 4.78 is 20.9. The summed E-state index contributed by atoms with van der Waals surface area (Å²) in [4.78, 5) is 17.3. The van der Waals surface area contributed by atoms with Crippen molar-refractivity contribution in [3.8, 4) is 0 Å². The first kappa shape index (κ1) is 29.1. The van der Waals surface area contributed by atoms with E-state index < -0.39 is 7.82 Å². The second-order valence-corrected chi connectivity index (χ2v) is 11.3. The molecule has 0 radical (unpaired) electrons. The van der Waals surface area contributed by atoms with Gasteiger partial charge in [0.2, 0.25) is 0 Å². The van der Waals surface area contributed by atoms with Crippen LogP contribution in [0.1, 0.15) is 118 Å². The van der Waals surface area contributed by atoms with E-state index >= 15 is 0 Å². The van der Waals surface area contributed by atoms with Crippen LogP contribution in [0, 0.1) is 10.8 Å². The first-order chi connectivity index (χ1) is 13.5. The van der Waals surface area contributed by atoms with Gasteiger partial charge in [0.25, 0.3) is 0 Å². The molecule has 0 aliphatic carbocycles. The van der Waals surface area contributed by atoms with Gasteiger partial charge in [-0.05, 0) is 55.8 Å². The molecule has 5 nitrogen and oxygen atoms in total. The quantitative estimate of drug-likeness (QED) is 0.155. The van der Waals surface area contributed by atoms with E-state index in [1.54, 1.807) is 0 Å². The Morgan fingerprint density at radius 3 is 1.41 bits per heavy atom. The van der Waals surface area contributed by atoms with Gasteiger partial charge in [0, 0.05) is 13.2 Å². The van der Waals surface area contributed by atoms with Gasteiger partial charge < -0.3 is 14.5 Å². The van der Waals surface area contributed by atoms with Gasteiger partial charge >= 0.3 is 7.82 Å². The Labute approximate surface area is 180 Å². The number of phosphoric ester groups is 1. The smallest absolute Gasteiger partial charge is 0.381 e. The highest BCUT2D eigenvalue weighted by atomic mass is 31.2. The van der Waals surface area contributed by atoms with E-state index in [-0.39, 0.29) is 12.0 Å². The number of hydrogen-bond acceptors (Lipinski definition) is 3. The summed E-state index contributed by atoms with van der Waals surface area (Å²) in [5.74, 6) is 0. The minimum absolute atomic E-state index is 0.129. The van der Waals surface area contributed by atoms with E-state index in [4.69, 9.17) is 14.5 Å². The monoisotopic (exact) mass is 436 g/mol. The molecule has 0 aliphatic heterocycles. The summed E-state index contributed by atoms with van der Waals surface area (Å²) in [5.41, 5.74) is 0.730. The van der Waals surface area contributed by atoms with Crippen LogP contribution < -0.4 is 0 Å². The summed E-state index contributed by atoms with van der Waals surface area (Å²) in [6, 6.07) is 0. The highest BCUT2D eigenvalue weighted by molar-refractivity contribution is 7.46. The van der Waals surface area contributed by atoms with Gasteiger partial charge in [0.1, 0.15) is 0 Å². The van der Waals surface area contributed by atoms with E-state index in [9.17, 15) is 4.57 Å². The Balaban J connectivity index is 3.55. The van der Waals surface area contributed by atoms with Crippen LogP contribution in [0.4, 0.5) is 0 Å². The van der Waals surface area contributed by atoms with Crippen molar-refractivity contribution in [3.63, 3.8) is 0 Å². The number of ether oxygens (including phenoxy) is 1.